The van der Waals surface area contributed by atoms with Crippen LogP contribution in [0.2, 0.25) is 0 Å². The van der Waals surface area contributed by atoms with Gasteiger partial charge in [-0.1, -0.05) is 84.5 Å². The van der Waals surface area contributed by atoms with E-state index in [1.807, 2.05) is 0 Å². The van der Waals surface area contributed by atoms with Crippen molar-refractivity contribution < 1.29 is 8.78 Å². The Kier molecular flexibility index (Phi) is 14.7. The monoisotopic (exact) mass is 303 g/mol. The fraction of sp³-hybridized carbons (Fsp3) is 0.947. The van der Waals surface area contributed by atoms with Crippen molar-refractivity contribution in [1.29, 1.82) is 0 Å². The molecule has 0 aromatic heterocycles. The van der Waals surface area contributed by atoms with Crippen molar-refractivity contribution in [2.24, 2.45) is 0 Å². The summed E-state index contributed by atoms with van der Waals surface area (Å²) < 4.78 is 26.5. The van der Waals surface area contributed by atoms with Gasteiger partial charge in [-0.3, -0.25) is 4.39 Å². The van der Waals surface area contributed by atoms with E-state index < -0.39 is 5.67 Å². The molecule has 0 aliphatic carbocycles. The molecule has 0 aromatic carbocycles. The average Bonchev–Trinajstić information content (AvgIpc) is 2.50. The Balaban J connectivity index is 3.48. The Bertz CT molecular complexity index is 206. The molecule has 0 rings (SSSR count). The Morgan fingerprint density at radius 2 is 1.14 bits per heavy atom. The van der Waals surface area contributed by atoms with Crippen LogP contribution in [0.15, 0.2) is 0 Å². The molecule has 0 bridgehead atoms. The van der Waals surface area contributed by atoms with Crippen molar-refractivity contribution in [2.45, 2.75) is 109 Å². The quantitative estimate of drug-likeness (QED) is 0.261. The maximum absolute atomic E-state index is 14.6. The molecule has 127 valence electrons. The Morgan fingerprint density at radius 1 is 0.714 bits per heavy atom. The molecule has 0 N–H and O–H groups in total. The van der Waals surface area contributed by atoms with E-state index in [9.17, 15) is 8.78 Å². The molecule has 2 heteroatoms. The van der Waals surface area contributed by atoms with E-state index in [0.29, 0.717) is 25.7 Å². The average molecular weight is 304 g/mol. The zero-order chi connectivity index (χ0) is 15.8. The summed E-state index contributed by atoms with van der Waals surface area (Å²) in [7, 11) is 0. The van der Waals surface area contributed by atoms with Crippen LogP contribution in [0.3, 0.4) is 0 Å². The first-order valence-corrected chi connectivity index (χ1v) is 9.22. The van der Waals surface area contributed by atoms with Crippen molar-refractivity contribution in [2.75, 3.05) is 6.67 Å². The summed E-state index contributed by atoms with van der Waals surface area (Å²) in [4.78, 5) is 0. The number of halogens is 2. The summed E-state index contributed by atoms with van der Waals surface area (Å²) in [6.45, 7) is 5.81. The standard InChI is InChI=1S/C19H37F2/c1-3-5-6-13-16-19(21,4-2)17-14-11-9-7-8-10-12-15-18-20/h2-18H2,1H3. The first-order chi connectivity index (χ1) is 10.2. The van der Waals surface area contributed by atoms with Gasteiger partial charge in [0.1, 0.15) is 5.67 Å². The number of rotatable bonds is 16. The second kappa shape index (κ2) is 14.8. The summed E-state index contributed by atoms with van der Waals surface area (Å²) in [5.74, 6) is 0. The number of hydrogen-bond donors (Lipinski definition) is 0. The lowest BCUT2D eigenvalue weighted by Crippen LogP contribution is -2.21. The van der Waals surface area contributed by atoms with Crippen molar-refractivity contribution in [3.05, 3.63) is 6.92 Å². The van der Waals surface area contributed by atoms with E-state index in [1.54, 1.807) is 0 Å². The van der Waals surface area contributed by atoms with Gasteiger partial charge in [-0.2, -0.15) is 0 Å². The minimum Gasteiger partial charge on any atom is -0.251 e. The normalized spacial score (nSPS) is 14.3. The van der Waals surface area contributed by atoms with E-state index in [4.69, 9.17) is 0 Å². The third-order valence-corrected chi connectivity index (χ3v) is 4.43. The molecule has 0 amide bonds. The molecule has 0 nitrogen and oxygen atoms in total. The van der Waals surface area contributed by atoms with Gasteiger partial charge in [-0.05, 0) is 25.7 Å². The van der Waals surface area contributed by atoms with Gasteiger partial charge in [-0.25, -0.2) is 4.39 Å². The minimum absolute atomic E-state index is 0.179. The van der Waals surface area contributed by atoms with E-state index in [0.717, 1.165) is 38.5 Å². The van der Waals surface area contributed by atoms with Crippen LogP contribution in [0.5, 0.6) is 0 Å². The van der Waals surface area contributed by atoms with E-state index in [1.165, 1.54) is 32.1 Å². The second-order valence-corrected chi connectivity index (χ2v) is 6.48. The molecule has 1 atom stereocenters. The SMILES string of the molecule is [CH2]CC(F)(CCCCCC)CCCCCCCCCCF. The highest BCUT2D eigenvalue weighted by Gasteiger charge is 2.25. The lowest BCUT2D eigenvalue weighted by atomic mass is 9.89. The maximum Gasteiger partial charge on any atom is 0.111 e. The van der Waals surface area contributed by atoms with Gasteiger partial charge in [0.05, 0.1) is 6.67 Å². The predicted molar refractivity (Wildman–Crippen MR) is 90.1 cm³/mol. The van der Waals surface area contributed by atoms with Gasteiger partial charge < -0.3 is 0 Å². The van der Waals surface area contributed by atoms with Crippen LogP contribution in [0, 0.1) is 6.92 Å². The van der Waals surface area contributed by atoms with Crippen LogP contribution in [0.4, 0.5) is 8.78 Å². The molecule has 0 aromatic rings. The van der Waals surface area contributed by atoms with E-state index in [-0.39, 0.29) is 6.67 Å². The molecule has 21 heavy (non-hydrogen) atoms. The topological polar surface area (TPSA) is 0 Å². The largest absolute Gasteiger partial charge is 0.251 e. The minimum atomic E-state index is -1.02. The molecular formula is C19H37F2. The van der Waals surface area contributed by atoms with Crippen molar-refractivity contribution in [3.63, 3.8) is 0 Å². The third-order valence-electron chi connectivity index (χ3n) is 4.43. The van der Waals surface area contributed by atoms with Crippen LogP contribution < -0.4 is 0 Å². The smallest absolute Gasteiger partial charge is 0.111 e. The summed E-state index contributed by atoms with van der Waals surface area (Å²) in [5.41, 5.74) is -1.02. The third kappa shape index (κ3) is 13.3. The Labute approximate surface area is 132 Å². The maximum atomic E-state index is 14.6. The number of hydrogen-bond acceptors (Lipinski definition) is 0. The van der Waals surface area contributed by atoms with Crippen LogP contribution in [-0.2, 0) is 0 Å². The van der Waals surface area contributed by atoms with Crippen LogP contribution in [0.1, 0.15) is 103 Å². The van der Waals surface area contributed by atoms with Gasteiger partial charge in [0.25, 0.3) is 0 Å². The molecular weight excluding hydrogens is 266 g/mol. The second-order valence-electron chi connectivity index (χ2n) is 6.48. The van der Waals surface area contributed by atoms with E-state index in [2.05, 4.69) is 13.8 Å². The van der Waals surface area contributed by atoms with Crippen molar-refractivity contribution in [1.82, 2.24) is 0 Å². The lowest BCUT2D eigenvalue weighted by Gasteiger charge is -2.23. The zero-order valence-corrected chi connectivity index (χ0v) is 14.3. The Hall–Kier alpha value is -0.140. The molecule has 1 unspecified atom stereocenters. The van der Waals surface area contributed by atoms with Crippen molar-refractivity contribution >= 4 is 0 Å². The molecule has 0 heterocycles. The van der Waals surface area contributed by atoms with Gasteiger partial charge in [-0.15, -0.1) is 0 Å². The van der Waals surface area contributed by atoms with E-state index >= 15 is 0 Å². The first kappa shape index (κ1) is 20.9. The fourth-order valence-electron chi connectivity index (χ4n) is 2.84. The number of alkyl halides is 2. The predicted octanol–water partition coefficient (Wildman–Crippen LogP) is 7.37. The highest BCUT2D eigenvalue weighted by atomic mass is 19.1. The summed E-state index contributed by atoms with van der Waals surface area (Å²) in [6, 6.07) is 0. The summed E-state index contributed by atoms with van der Waals surface area (Å²) >= 11 is 0. The Morgan fingerprint density at radius 3 is 1.57 bits per heavy atom. The number of unbranched alkanes of at least 4 members (excludes halogenated alkanes) is 10. The van der Waals surface area contributed by atoms with Crippen LogP contribution >= 0.6 is 0 Å². The molecule has 0 aliphatic heterocycles. The summed E-state index contributed by atoms with van der Waals surface area (Å²) in [6.07, 6.45) is 15.0. The molecule has 0 saturated heterocycles. The van der Waals surface area contributed by atoms with Crippen molar-refractivity contribution in [3.8, 4) is 0 Å². The molecule has 0 saturated carbocycles. The van der Waals surface area contributed by atoms with Crippen LogP contribution in [-0.4, -0.2) is 12.3 Å². The lowest BCUT2D eigenvalue weighted by molar-refractivity contribution is 0.130. The zero-order valence-electron chi connectivity index (χ0n) is 14.3. The molecule has 1 radical (unpaired) electrons. The molecule has 0 aliphatic rings. The highest BCUT2D eigenvalue weighted by molar-refractivity contribution is 4.80. The van der Waals surface area contributed by atoms with Gasteiger partial charge in [0.2, 0.25) is 0 Å². The van der Waals surface area contributed by atoms with Crippen LogP contribution in [0.25, 0.3) is 0 Å². The summed E-state index contributed by atoms with van der Waals surface area (Å²) in [5, 5.41) is 0. The first-order valence-electron chi connectivity index (χ1n) is 9.22. The molecule has 0 fully saturated rings. The van der Waals surface area contributed by atoms with Gasteiger partial charge in [0.15, 0.2) is 0 Å². The van der Waals surface area contributed by atoms with Gasteiger partial charge in [0, 0.05) is 0 Å². The highest BCUT2D eigenvalue weighted by Crippen LogP contribution is 2.30. The molecule has 0 spiro atoms. The van der Waals surface area contributed by atoms with Gasteiger partial charge >= 0.3 is 0 Å². The fourth-order valence-corrected chi connectivity index (χ4v) is 2.84.